The highest BCUT2D eigenvalue weighted by molar-refractivity contribution is 8.00. The Labute approximate surface area is 200 Å². The summed E-state index contributed by atoms with van der Waals surface area (Å²) in [4.78, 5) is 19.2. The van der Waals surface area contributed by atoms with Gasteiger partial charge in [0.15, 0.2) is 0 Å². The molecule has 33 heavy (non-hydrogen) atoms. The fourth-order valence-corrected chi connectivity index (χ4v) is 5.20. The van der Waals surface area contributed by atoms with Gasteiger partial charge in [-0.05, 0) is 55.0 Å². The molecule has 2 heterocycles. The van der Waals surface area contributed by atoms with E-state index in [9.17, 15) is 4.79 Å². The summed E-state index contributed by atoms with van der Waals surface area (Å²) in [5.74, 6) is 1.19. The molecular formula is C26H21N3O2S2. The SMILES string of the molecule is COc1ccc(/C=C2\C(=O)N(c3nc4ccccc4s3)N=C2CSc2ccc(C)cc2)cc1. The number of hydrogen-bond acceptors (Lipinski definition) is 6. The molecule has 4 aromatic rings. The molecule has 0 N–H and O–H groups in total. The lowest BCUT2D eigenvalue weighted by Crippen LogP contribution is -2.21. The van der Waals surface area contributed by atoms with Gasteiger partial charge in [0.1, 0.15) is 5.75 Å². The summed E-state index contributed by atoms with van der Waals surface area (Å²) in [6, 6.07) is 23.9. The van der Waals surface area contributed by atoms with Crippen molar-refractivity contribution in [1.29, 1.82) is 0 Å². The molecule has 3 aromatic carbocycles. The summed E-state index contributed by atoms with van der Waals surface area (Å²) in [7, 11) is 1.64. The quantitative estimate of drug-likeness (QED) is 0.248. The fraction of sp³-hybridized carbons (Fsp3) is 0.115. The van der Waals surface area contributed by atoms with Crippen LogP contribution in [0.3, 0.4) is 0 Å². The number of benzene rings is 3. The molecule has 5 rings (SSSR count). The number of hydrogen-bond donors (Lipinski definition) is 0. The van der Waals surface area contributed by atoms with Gasteiger partial charge in [-0.25, -0.2) is 4.98 Å². The number of methoxy groups -OCH3 is 1. The summed E-state index contributed by atoms with van der Waals surface area (Å²) >= 11 is 3.13. The van der Waals surface area contributed by atoms with Gasteiger partial charge in [0, 0.05) is 10.6 Å². The maximum Gasteiger partial charge on any atom is 0.282 e. The third-order valence-corrected chi connectivity index (χ3v) is 7.28. The van der Waals surface area contributed by atoms with Crippen molar-refractivity contribution in [2.45, 2.75) is 11.8 Å². The predicted octanol–water partition coefficient (Wildman–Crippen LogP) is 6.19. The molecule has 0 atom stereocenters. The molecule has 5 nitrogen and oxygen atoms in total. The highest BCUT2D eigenvalue weighted by Crippen LogP contribution is 2.34. The van der Waals surface area contributed by atoms with Gasteiger partial charge in [-0.15, -0.1) is 11.8 Å². The van der Waals surface area contributed by atoms with Gasteiger partial charge in [0.25, 0.3) is 5.91 Å². The molecule has 0 unspecified atom stereocenters. The molecule has 1 aliphatic heterocycles. The lowest BCUT2D eigenvalue weighted by atomic mass is 10.1. The molecule has 1 amide bonds. The lowest BCUT2D eigenvalue weighted by molar-refractivity contribution is -0.114. The van der Waals surface area contributed by atoms with Gasteiger partial charge < -0.3 is 4.74 Å². The van der Waals surface area contributed by atoms with Crippen molar-refractivity contribution in [2.75, 3.05) is 17.9 Å². The van der Waals surface area contributed by atoms with E-state index in [1.165, 1.54) is 21.9 Å². The number of aromatic nitrogens is 1. The molecular weight excluding hydrogens is 450 g/mol. The average Bonchev–Trinajstić information content (AvgIpc) is 3.40. The number of ether oxygens (including phenoxy) is 1. The Morgan fingerprint density at radius 2 is 1.79 bits per heavy atom. The minimum atomic E-state index is -0.163. The number of nitrogens with zero attached hydrogens (tertiary/aromatic N) is 3. The predicted molar refractivity (Wildman–Crippen MR) is 137 cm³/mol. The standard InChI is InChI=1S/C26H21N3O2S2/c1-17-7-13-20(14-8-17)32-16-23-21(15-18-9-11-19(31-2)12-10-18)25(30)29(28-23)26-27-22-5-3-4-6-24(22)33-26/h3-15H,16H2,1-2H3/b21-15-. The zero-order valence-electron chi connectivity index (χ0n) is 18.2. The Morgan fingerprint density at radius 1 is 1.03 bits per heavy atom. The topological polar surface area (TPSA) is 54.8 Å². The molecule has 0 saturated carbocycles. The summed E-state index contributed by atoms with van der Waals surface area (Å²) in [5.41, 5.74) is 4.32. The monoisotopic (exact) mass is 471 g/mol. The first-order chi connectivity index (χ1) is 16.1. The number of thioether (sulfide) groups is 1. The number of hydrazone groups is 1. The second kappa shape index (κ2) is 9.21. The number of anilines is 1. The highest BCUT2D eigenvalue weighted by Gasteiger charge is 2.33. The van der Waals surface area contributed by atoms with Crippen LogP contribution in [0.25, 0.3) is 16.3 Å². The zero-order chi connectivity index (χ0) is 22.8. The number of carbonyl (C=O) groups excluding carboxylic acids is 1. The van der Waals surface area contributed by atoms with E-state index in [1.807, 2.05) is 54.6 Å². The second-order valence-corrected chi connectivity index (χ2v) is 9.62. The molecule has 0 fully saturated rings. The molecule has 0 spiro atoms. The van der Waals surface area contributed by atoms with Gasteiger partial charge in [0.2, 0.25) is 5.13 Å². The number of amides is 1. The second-order valence-electron chi connectivity index (χ2n) is 7.56. The van der Waals surface area contributed by atoms with E-state index in [4.69, 9.17) is 9.84 Å². The molecule has 0 aliphatic carbocycles. The first-order valence-corrected chi connectivity index (χ1v) is 12.2. The zero-order valence-corrected chi connectivity index (χ0v) is 19.8. The number of aryl methyl sites for hydroxylation is 1. The van der Waals surface area contributed by atoms with Crippen molar-refractivity contribution in [3.63, 3.8) is 0 Å². The fourth-order valence-electron chi connectivity index (χ4n) is 3.44. The molecule has 0 bridgehead atoms. The smallest absolute Gasteiger partial charge is 0.282 e. The van der Waals surface area contributed by atoms with E-state index in [0.717, 1.165) is 32.1 Å². The van der Waals surface area contributed by atoms with Crippen LogP contribution in [0.15, 0.2) is 88.4 Å². The van der Waals surface area contributed by atoms with E-state index in [2.05, 4.69) is 36.2 Å². The third kappa shape index (κ3) is 4.55. The maximum absolute atomic E-state index is 13.5. The van der Waals surface area contributed by atoms with Crippen LogP contribution in [0.5, 0.6) is 5.75 Å². The first kappa shape index (κ1) is 21.4. The highest BCUT2D eigenvalue weighted by atomic mass is 32.2. The summed E-state index contributed by atoms with van der Waals surface area (Å²) < 4.78 is 6.28. The third-order valence-electron chi connectivity index (χ3n) is 5.24. The largest absolute Gasteiger partial charge is 0.497 e. The van der Waals surface area contributed by atoms with E-state index in [0.29, 0.717) is 16.5 Å². The number of fused-ring (bicyclic) bond motifs is 1. The molecule has 7 heteroatoms. The Bertz CT molecular complexity index is 1340. The van der Waals surface area contributed by atoms with E-state index in [1.54, 1.807) is 18.9 Å². The van der Waals surface area contributed by atoms with Crippen LogP contribution in [-0.2, 0) is 4.79 Å². The number of thiazole rings is 1. The maximum atomic E-state index is 13.5. The van der Waals surface area contributed by atoms with Crippen LogP contribution >= 0.6 is 23.1 Å². The Balaban J connectivity index is 1.49. The van der Waals surface area contributed by atoms with E-state index >= 15 is 0 Å². The van der Waals surface area contributed by atoms with Crippen molar-refractivity contribution < 1.29 is 9.53 Å². The molecule has 0 radical (unpaired) electrons. The molecule has 1 aromatic heterocycles. The van der Waals surface area contributed by atoms with Crippen LogP contribution in [0.1, 0.15) is 11.1 Å². The molecule has 1 aliphatic rings. The molecule has 0 saturated heterocycles. The Kier molecular flexibility index (Phi) is 5.98. The van der Waals surface area contributed by atoms with Crippen LogP contribution in [0.2, 0.25) is 0 Å². The van der Waals surface area contributed by atoms with Crippen LogP contribution in [-0.4, -0.2) is 29.5 Å². The van der Waals surface area contributed by atoms with Crippen molar-refractivity contribution >= 4 is 56.1 Å². The van der Waals surface area contributed by atoms with Gasteiger partial charge in [-0.1, -0.05) is 53.3 Å². The number of rotatable bonds is 6. The van der Waals surface area contributed by atoms with E-state index < -0.39 is 0 Å². The Morgan fingerprint density at radius 3 is 2.52 bits per heavy atom. The lowest BCUT2D eigenvalue weighted by Gasteiger charge is -2.06. The van der Waals surface area contributed by atoms with E-state index in [-0.39, 0.29) is 5.91 Å². The number of para-hydroxylation sites is 1. The summed E-state index contributed by atoms with van der Waals surface area (Å²) in [6.07, 6.45) is 1.89. The first-order valence-electron chi connectivity index (χ1n) is 10.4. The molecule has 164 valence electrons. The summed E-state index contributed by atoms with van der Waals surface area (Å²) in [6.45, 7) is 2.07. The van der Waals surface area contributed by atoms with Gasteiger partial charge in [-0.3, -0.25) is 4.79 Å². The van der Waals surface area contributed by atoms with Crippen LogP contribution in [0, 0.1) is 6.92 Å². The van der Waals surface area contributed by atoms with Crippen molar-refractivity contribution in [1.82, 2.24) is 4.98 Å². The minimum absolute atomic E-state index is 0.163. The summed E-state index contributed by atoms with van der Waals surface area (Å²) in [5, 5.41) is 6.73. The van der Waals surface area contributed by atoms with Gasteiger partial charge in [-0.2, -0.15) is 10.1 Å². The van der Waals surface area contributed by atoms with Crippen LogP contribution in [0.4, 0.5) is 5.13 Å². The van der Waals surface area contributed by atoms with Gasteiger partial charge >= 0.3 is 0 Å². The van der Waals surface area contributed by atoms with Crippen molar-refractivity contribution in [2.24, 2.45) is 5.10 Å². The number of carbonyl (C=O) groups is 1. The minimum Gasteiger partial charge on any atom is -0.497 e. The van der Waals surface area contributed by atoms with Crippen molar-refractivity contribution in [3.8, 4) is 5.75 Å². The Hall–Kier alpha value is -3.42. The average molecular weight is 472 g/mol. The van der Waals surface area contributed by atoms with Crippen LogP contribution < -0.4 is 9.75 Å². The van der Waals surface area contributed by atoms with Gasteiger partial charge in [0.05, 0.1) is 28.6 Å². The normalized spacial score (nSPS) is 14.8. The van der Waals surface area contributed by atoms with Crippen molar-refractivity contribution in [3.05, 3.63) is 89.5 Å².